The van der Waals surface area contributed by atoms with Crippen LogP contribution in [0.15, 0.2) is 91.3 Å². The molecule has 0 N–H and O–H groups in total. The van der Waals surface area contributed by atoms with Crippen LogP contribution in [0.2, 0.25) is 0 Å². The fourth-order valence-electron chi connectivity index (χ4n) is 6.28. The van der Waals surface area contributed by atoms with E-state index in [1.165, 1.54) is 37.9 Å². The third-order valence-electron chi connectivity index (χ3n) is 8.24. The summed E-state index contributed by atoms with van der Waals surface area (Å²) in [5, 5.41) is 7.36. The smallest absolute Gasteiger partial charge is 0.389 e. The molecule has 8 rings (SSSR count). The van der Waals surface area contributed by atoms with E-state index < -0.39 is 0 Å². The lowest BCUT2D eigenvalue weighted by Crippen LogP contribution is -2.60. The normalized spacial score (nSPS) is 15.5. The highest BCUT2D eigenvalue weighted by atomic mass is 16.5. The van der Waals surface area contributed by atoms with Crippen molar-refractivity contribution in [2.45, 2.75) is 39.3 Å². The van der Waals surface area contributed by atoms with Crippen molar-refractivity contribution in [2.24, 2.45) is 0 Å². The Balaban J connectivity index is 1.63. The average molecular weight is 497 g/mol. The van der Waals surface area contributed by atoms with E-state index in [0.29, 0.717) is 0 Å². The first-order valence-electron chi connectivity index (χ1n) is 13.2. The molecular weight excluding hydrogens is 468 g/mol. The van der Waals surface area contributed by atoms with Crippen LogP contribution < -0.4 is 18.6 Å². The van der Waals surface area contributed by atoms with Gasteiger partial charge in [-0.25, -0.2) is 0 Å². The molecule has 0 amide bonds. The zero-order valence-corrected chi connectivity index (χ0v) is 21.9. The molecule has 184 valence electrons. The predicted molar refractivity (Wildman–Crippen MR) is 149 cm³/mol. The molecule has 0 radical (unpaired) electrons. The largest absolute Gasteiger partial charge is 0.405 e. The van der Waals surface area contributed by atoms with E-state index in [0.717, 1.165) is 34.4 Å². The first-order chi connectivity index (χ1) is 18.4. The molecule has 4 nitrogen and oxygen atoms in total. The summed E-state index contributed by atoms with van der Waals surface area (Å²) in [5.41, 5.74) is 3.51. The van der Waals surface area contributed by atoms with Crippen molar-refractivity contribution in [3.05, 3.63) is 108 Å². The third kappa shape index (κ3) is 2.86. The van der Waals surface area contributed by atoms with Crippen LogP contribution in [0.1, 0.15) is 43.6 Å². The molecule has 6 aromatic rings. The number of fused-ring (bicyclic) bond motifs is 5. The Labute approximate surface area is 221 Å². The number of hydrogen-bond donors (Lipinski definition) is 0. The Morgan fingerprint density at radius 1 is 0.632 bits per heavy atom. The van der Waals surface area contributed by atoms with Gasteiger partial charge in [-0.3, -0.25) is 0 Å². The molecule has 0 aliphatic carbocycles. The lowest BCUT2D eigenvalue weighted by atomic mass is 9.87. The van der Waals surface area contributed by atoms with Crippen LogP contribution in [0.5, 0.6) is 23.3 Å². The Morgan fingerprint density at radius 2 is 1.26 bits per heavy atom. The topological polar surface area (TPSA) is 26.2 Å². The molecule has 0 fully saturated rings. The molecule has 4 heterocycles. The van der Waals surface area contributed by atoms with Crippen LogP contribution >= 0.6 is 0 Å². The molecule has 2 bridgehead atoms. The quantitative estimate of drug-likeness (QED) is 0.159. The van der Waals surface area contributed by atoms with Crippen molar-refractivity contribution < 1.29 is 18.6 Å². The van der Waals surface area contributed by atoms with Crippen LogP contribution in [-0.4, -0.2) is 0 Å². The number of aromatic nitrogens is 2. The lowest BCUT2D eigenvalue weighted by Gasteiger charge is -2.25. The second kappa shape index (κ2) is 7.32. The number of benzene rings is 4. The van der Waals surface area contributed by atoms with Gasteiger partial charge in [0.05, 0.1) is 12.1 Å². The predicted octanol–water partition coefficient (Wildman–Crippen LogP) is 7.63. The highest BCUT2D eigenvalue weighted by Gasteiger charge is 2.45. The molecule has 2 aliphatic heterocycles. The second-order valence-electron chi connectivity index (χ2n) is 11.5. The van der Waals surface area contributed by atoms with Crippen LogP contribution in [-0.2, 0) is 5.41 Å². The van der Waals surface area contributed by atoms with Crippen molar-refractivity contribution in [1.29, 1.82) is 0 Å². The molecule has 0 spiro atoms. The van der Waals surface area contributed by atoms with Crippen LogP contribution in [0.4, 0.5) is 0 Å². The zero-order chi connectivity index (χ0) is 25.8. The van der Waals surface area contributed by atoms with Gasteiger partial charge in [-0.05, 0) is 63.0 Å². The Bertz CT molecular complexity index is 1980. The van der Waals surface area contributed by atoms with Gasteiger partial charge in [0.15, 0.2) is 18.1 Å². The van der Waals surface area contributed by atoms with Crippen molar-refractivity contribution in [1.82, 2.24) is 0 Å². The first kappa shape index (κ1) is 21.6. The molecular formula is C34H28N2O2+2. The van der Waals surface area contributed by atoms with Gasteiger partial charge in [0, 0.05) is 23.1 Å². The summed E-state index contributed by atoms with van der Waals surface area (Å²) in [6, 6.07) is 28.1. The van der Waals surface area contributed by atoms with Crippen LogP contribution in [0.25, 0.3) is 32.3 Å². The minimum absolute atomic E-state index is 0.0165. The summed E-state index contributed by atoms with van der Waals surface area (Å²) in [4.78, 5) is 0. The zero-order valence-electron chi connectivity index (χ0n) is 21.9. The highest BCUT2D eigenvalue weighted by molar-refractivity contribution is 6.22. The molecule has 38 heavy (non-hydrogen) atoms. The van der Waals surface area contributed by atoms with Gasteiger partial charge >= 0.3 is 17.9 Å². The van der Waals surface area contributed by atoms with Crippen LogP contribution in [0, 0.1) is 6.92 Å². The van der Waals surface area contributed by atoms with Crippen LogP contribution in [0.3, 0.4) is 0 Å². The van der Waals surface area contributed by atoms with Gasteiger partial charge < -0.3 is 9.47 Å². The molecule has 2 aliphatic rings. The summed E-state index contributed by atoms with van der Waals surface area (Å²) in [5.74, 6) is 3.38. The maximum absolute atomic E-state index is 6.87. The highest BCUT2D eigenvalue weighted by Crippen LogP contribution is 2.46. The Hall–Kier alpha value is -4.44. The van der Waals surface area contributed by atoms with Gasteiger partial charge in [0.2, 0.25) is 0 Å². The Kier molecular flexibility index (Phi) is 4.17. The number of ether oxygens (including phenoxy) is 2. The molecule has 1 atom stereocenters. The fourth-order valence-corrected chi connectivity index (χ4v) is 6.28. The number of nitrogens with zero attached hydrogens (tertiary/aromatic N) is 2. The minimum Gasteiger partial charge on any atom is -0.405 e. The maximum atomic E-state index is 6.87. The first-order valence-corrected chi connectivity index (χ1v) is 13.2. The average Bonchev–Trinajstić information content (AvgIpc) is 2.91. The number of rotatable bonds is 0. The van der Waals surface area contributed by atoms with E-state index in [1.807, 2.05) is 12.1 Å². The Morgan fingerprint density at radius 3 is 2.03 bits per heavy atom. The van der Waals surface area contributed by atoms with E-state index in [2.05, 4.69) is 116 Å². The molecule has 4 aromatic carbocycles. The van der Waals surface area contributed by atoms with Crippen molar-refractivity contribution >= 4 is 32.3 Å². The van der Waals surface area contributed by atoms with Gasteiger partial charge in [-0.2, -0.15) is 0 Å². The van der Waals surface area contributed by atoms with Gasteiger partial charge in [-0.1, -0.05) is 66.3 Å². The summed E-state index contributed by atoms with van der Waals surface area (Å²) in [7, 11) is 0. The summed E-state index contributed by atoms with van der Waals surface area (Å²) in [6.07, 6.45) is 4.10. The maximum Gasteiger partial charge on any atom is 0.389 e. The number of hydrogen-bond acceptors (Lipinski definition) is 2. The molecule has 0 saturated heterocycles. The van der Waals surface area contributed by atoms with Gasteiger partial charge in [0.1, 0.15) is 11.3 Å². The molecule has 1 unspecified atom stereocenters. The van der Waals surface area contributed by atoms with Crippen molar-refractivity contribution in [2.75, 3.05) is 0 Å². The number of aryl methyl sites for hydroxylation is 1. The SMILES string of the molecule is Cc1c2ccc3ccc4ccc5ccc6c(c5c4c13)C([n+]1ccc(C(C)(C)C)cc1O2)[n+]1ccccc1O6. The summed E-state index contributed by atoms with van der Waals surface area (Å²) in [6.45, 7) is 8.91. The van der Waals surface area contributed by atoms with E-state index in [1.54, 1.807) is 0 Å². The molecule has 0 saturated carbocycles. The minimum atomic E-state index is -0.187. The van der Waals surface area contributed by atoms with Crippen molar-refractivity contribution in [3.63, 3.8) is 0 Å². The van der Waals surface area contributed by atoms with E-state index in [9.17, 15) is 0 Å². The second-order valence-corrected chi connectivity index (χ2v) is 11.5. The summed E-state index contributed by atoms with van der Waals surface area (Å²) < 4.78 is 17.9. The molecule has 2 aromatic heterocycles. The summed E-state index contributed by atoms with van der Waals surface area (Å²) >= 11 is 0. The molecule has 4 heteroatoms. The fraction of sp³-hybridized carbons (Fsp3) is 0.176. The van der Waals surface area contributed by atoms with Gasteiger partial charge in [-0.15, -0.1) is 0 Å². The number of pyridine rings is 2. The van der Waals surface area contributed by atoms with E-state index >= 15 is 0 Å². The lowest BCUT2D eigenvalue weighted by molar-refractivity contribution is -0.936. The van der Waals surface area contributed by atoms with Gasteiger partial charge in [0.25, 0.3) is 0 Å². The standard InChI is InChI=1S/C34H28N2O2/c1-20-25-14-12-21-8-9-22-10-11-23-13-15-26-32(31(23)30(22)29(20)21)33(35-17-6-5-7-27(35)38-26)36-18-16-24(34(2,3)4)19-28(36)37-25/h5-19,33H,1-4H3/q+2. The van der Waals surface area contributed by atoms with Crippen molar-refractivity contribution in [3.8, 4) is 23.3 Å². The monoisotopic (exact) mass is 496 g/mol. The third-order valence-corrected chi connectivity index (χ3v) is 8.24. The van der Waals surface area contributed by atoms with E-state index in [-0.39, 0.29) is 11.6 Å². The van der Waals surface area contributed by atoms with E-state index in [4.69, 9.17) is 9.47 Å².